The number of halogens is 6. The van der Waals surface area contributed by atoms with Gasteiger partial charge in [-0.1, -0.05) is 10.4 Å². The number of fused-ring (bicyclic) bond motifs is 1. The minimum absolute atomic E-state index is 0.0969. The monoisotopic (exact) mass is 640 g/mol. The van der Waals surface area contributed by atoms with Crippen molar-refractivity contribution >= 4 is 23.0 Å². The quantitative estimate of drug-likeness (QED) is 0.221. The van der Waals surface area contributed by atoms with Gasteiger partial charge in [0.05, 0.1) is 57.4 Å². The topological polar surface area (TPSA) is 162 Å². The van der Waals surface area contributed by atoms with Gasteiger partial charge in [-0.25, -0.2) is 28.9 Å². The van der Waals surface area contributed by atoms with E-state index in [9.17, 15) is 35.9 Å². The molecule has 232 valence electrons. The lowest BCUT2D eigenvalue weighted by atomic mass is 10.1. The highest BCUT2D eigenvalue weighted by atomic mass is 19.4. The predicted octanol–water partition coefficient (Wildman–Crippen LogP) is 5.56. The van der Waals surface area contributed by atoms with Gasteiger partial charge in [-0.2, -0.15) is 26.3 Å². The van der Waals surface area contributed by atoms with Crippen molar-refractivity contribution in [2.24, 2.45) is 0 Å². The van der Waals surface area contributed by atoms with Crippen LogP contribution in [0.4, 0.5) is 26.3 Å². The summed E-state index contributed by atoms with van der Waals surface area (Å²) in [5.41, 5.74) is -3.77. The molecule has 0 unspecified atom stereocenters. The van der Waals surface area contributed by atoms with Crippen LogP contribution in [0.15, 0.2) is 73.1 Å². The molecule has 0 aliphatic heterocycles. The van der Waals surface area contributed by atoms with E-state index in [1.54, 1.807) is 24.3 Å². The zero-order valence-corrected chi connectivity index (χ0v) is 22.5. The van der Waals surface area contributed by atoms with Crippen LogP contribution in [0, 0.1) is 0 Å². The maximum absolute atomic E-state index is 13.5. The molecule has 0 bridgehead atoms. The highest BCUT2D eigenvalue weighted by Crippen LogP contribution is 2.35. The van der Waals surface area contributed by atoms with Crippen LogP contribution < -0.4 is 0 Å². The second-order valence-electron chi connectivity index (χ2n) is 9.60. The number of aromatic nitrogens is 8. The summed E-state index contributed by atoms with van der Waals surface area (Å²) in [6.07, 6.45) is -7.27. The number of alkyl halides is 6. The Hall–Kier alpha value is -6.20. The minimum Gasteiger partial charge on any atom is -0.478 e. The van der Waals surface area contributed by atoms with Crippen LogP contribution in [0.2, 0.25) is 0 Å². The van der Waals surface area contributed by atoms with Crippen LogP contribution in [0.3, 0.4) is 0 Å². The fourth-order valence-corrected chi connectivity index (χ4v) is 4.49. The van der Waals surface area contributed by atoms with E-state index in [0.29, 0.717) is 17.5 Å². The number of rotatable bonds is 6. The van der Waals surface area contributed by atoms with E-state index in [1.165, 1.54) is 12.4 Å². The van der Waals surface area contributed by atoms with E-state index in [0.717, 1.165) is 33.6 Å². The Kier molecular flexibility index (Phi) is 6.98. The van der Waals surface area contributed by atoms with Gasteiger partial charge in [-0.3, -0.25) is 0 Å². The normalized spacial score (nSPS) is 12.0. The van der Waals surface area contributed by atoms with Gasteiger partial charge in [-0.15, -0.1) is 10.2 Å². The molecule has 4 heterocycles. The number of aromatic carboxylic acids is 2. The lowest BCUT2D eigenvalue weighted by Crippen LogP contribution is -2.14. The van der Waals surface area contributed by atoms with E-state index >= 15 is 0 Å². The number of nitrogens with zero attached hydrogens (tertiary/aromatic N) is 8. The maximum Gasteiger partial charge on any atom is 0.417 e. The molecule has 46 heavy (non-hydrogen) atoms. The van der Waals surface area contributed by atoms with Crippen LogP contribution >= 0.6 is 0 Å². The Morgan fingerprint density at radius 1 is 0.587 bits per heavy atom. The molecule has 12 nitrogen and oxygen atoms in total. The van der Waals surface area contributed by atoms with Crippen LogP contribution in [0.5, 0.6) is 0 Å². The number of carboxylic acids is 2. The van der Waals surface area contributed by atoms with Crippen molar-refractivity contribution in [3.05, 3.63) is 95.3 Å². The Morgan fingerprint density at radius 3 is 1.37 bits per heavy atom. The van der Waals surface area contributed by atoms with E-state index in [2.05, 4.69) is 30.6 Å². The van der Waals surface area contributed by atoms with E-state index < -0.39 is 46.5 Å². The fraction of sp³-hybridized carbons (Fsp3) is 0.0714. The molecule has 6 rings (SSSR count). The Balaban J connectivity index is 1.31. The Morgan fingerprint density at radius 2 is 1.00 bits per heavy atom. The standard InChI is InChI=1S/C28H14F6N8O4/c29-27(30,31)18-9-14(3-5-16(18)25(43)44)41-11-22(37-39-41)20-7-1-13-2-8-21(36-24(13)35-20)23-12-42(40-38-23)15-4-6-17(26(45)46)19(10-15)28(32,33)34/h1-12H,(H,43,44)(H,45,46). The van der Waals surface area contributed by atoms with Crippen molar-refractivity contribution in [3.8, 4) is 34.2 Å². The number of pyridine rings is 2. The van der Waals surface area contributed by atoms with Gasteiger partial charge in [0.15, 0.2) is 5.65 Å². The molecular formula is C28H14F6N8O4. The van der Waals surface area contributed by atoms with E-state index in [1.807, 2.05) is 0 Å². The molecule has 0 saturated carbocycles. The van der Waals surface area contributed by atoms with Gasteiger partial charge < -0.3 is 10.2 Å². The van der Waals surface area contributed by atoms with Crippen LogP contribution in [-0.4, -0.2) is 62.1 Å². The van der Waals surface area contributed by atoms with Gasteiger partial charge in [0, 0.05) is 5.39 Å². The third-order valence-corrected chi connectivity index (χ3v) is 6.67. The number of hydrogen-bond acceptors (Lipinski definition) is 8. The zero-order chi connectivity index (χ0) is 33.0. The second-order valence-corrected chi connectivity index (χ2v) is 9.60. The molecule has 2 aromatic carbocycles. The van der Waals surface area contributed by atoms with Crippen molar-refractivity contribution in [2.45, 2.75) is 12.4 Å². The first-order chi connectivity index (χ1) is 21.7. The lowest BCUT2D eigenvalue weighted by molar-refractivity contribution is -0.138. The smallest absolute Gasteiger partial charge is 0.417 e. The third-order valence-electron chi connectivity index (χ3n) is 6.67. The van der Waals surface area contributed by atoms with Crippen molar-refractivity contribution < 1.29 is 46.1 Å². The van der Waals surface area contributed by atoms with Crippen LogP contribution in [0.25, 0.3) is 45.2 Å². The summed E-state index contributed by atoms with van der Waals surface area (Å²) < 4.78 is 82.9. The summed E-state index contributed by atoms with van der Waals surface area (Å²) in [7, 11) is 0. The van der Waals surface area contributed by atoms with Gasteiger partial charge in [0.1, 0.15) is 11.4 Å². The largest absolute Gasteiger partial charge is 0.478 e. The third kappa shape index (κ3) is 5.58. The molecule has 4 aromatic heterocycles. The number of benzene rings is 2. The molecule has 18 heteroatoms. The first kappa shape index (κ1) is 29.9. The fourth-order valence-electron chi connectivity index (χ4n) is 4.49. The van der Waals surface area contributed by atoms with E-state index in [-0.39, 0.29) is 39.8 Å². The summed E-state index contributed by atoms with van der Waals surface area (Å²) in [4.78, 5) is 31.4. The first-order valence-corrected chi connectivity index (χ1v) is 12.7. The molecular weight excluding hydrogens is 626 g/mol. The minimum atomic E-state index is -4.93. The SMILES string of the molecule is O=C(O)c1ccc(-n2cc(-c3ccc4ccc(-c5cn(-c6ccc(C(=O)O)c(C(F)(F)F)c6)nn5)nc4n3)nn2)cc1C(F)(F)F. The summed E-state index contributed by atoms with van der Waals surface area (Å²) in [6, 6.07) is 11.7. The van der Waals surface area contributed by atoms with Gasteiger partial charge in [-0.05, 0) is 60.7 Å². The predicted molar refractivity (Wildman–Crippen MR) is 144 cm³/mol. The average Bonchev–Trinajstić information content (AvgIpc) is 3.70. The molecule has 0 amide bonds. The van der Waals surface area contributed by atoms with Crippen molar-refractivity contribution in [2.75, 3.05) is 0 Å². The summed E-state index contributed by atoms with van der Waals surface area (Å²) in [5, 5.41) is 34.4. The molecule has 6 aromatic rings. The molecule has 0 aliphatic rings. The Bertz CT molecular complexity index is 2030. The maximum atomic E-state index is 13.5. The van der Waals surface area contributed by atoms with Gasteiger partial charge in [0.2, 0.25) is 0 Å². The van der Waals surface area contributed by atoms with Gasteiger partial charge in [0.25, 0.3) is 0 Å². The van der Waals surface area contributed by atoms with Crippen LogP contribution in [0.1, 0.15) is 31.8 Å². The first-order valence-electron chi connectivity index (χ1n) is 12.7. The highest BCUT2D eigenvalue weighted by Gasteiger charge is 2.37. The summed E-state index contributed by atoms with van der Waals surface area (Å²) in [5.74, 6) is -3.48. The summed E-state index contributed by atoms with van der Waals surface area (Å²) in [6.45, 7) is 0. The molecule has 0 radical (unpaired) electrons. The van der Waals surface area contributed by atoms with Crippen molar-refractivity contribution in [1.29, 1.82) is 0 Å². The van der Waals surface area contributed by atoms with Gasteiger partial charge >= 0.3 is 24.3 Å². The molecule has 0 aliphatic carbocycles. The number of carbonyl (C=O) groups is 2. The summed E-state index contributed by atoms with van der Waals surface area (Å²) >= 11 is 0. The molecule has 0 fully saturated rings. The second kappa shape index (κ2) is 10.8. The number of carboxylic acid groups (broad SMARTS) is 2. The Labute approximate surface area is 251 Å². The van der Waals surface area contributed by atoms with Crippen molar-refractivity contribution in [1.82, 2.24) is 40.0 Å². The highest BCUT2D eigenvalue weighted by molar-refractivity contribution is 5.90. The van der Waals surface area contributed by atoms with E-state index in [4.69, 9.17) is 10.2 Å². The van der Waals surface area contributed by atoms with Crippen molar-refractivity contribution in [3.63, 3.8) is 0 Å². The zero-order valence-electron chi connectivity index (χ0n) is 22.5. The molecule has 0 saturated heterocycles. The molecule has 0 atom stereocenters. The number of hydrogen-bond donors (Lipinski definition) is 2. The molecule has 0 spiro atoms. The van der Waals surface area contributed by atoms with Crippen LogP contribution in [-0.2, 0) is 12.4 Å². The average molecular weight is 640 g/mol. The lowest BCUT2D eigenvalue weighted by Gasteiger charge is -2.11. The molecule has 2 N–H and O–H groups in total.